The number of rotatable bonds is 5. The first kappa shape index (κ1) is 16.7. The number of carbonyl (C=O) groups is 3. The molecule has 1 aliphatic rings. The fourth-order valence-electron chi connectivity index (χ4n) is 1.74. The zero-order chi connectivity index (χ0) is 16.8. The third-order valence-electron chi connectivity index (χ3n) is 2.71. The topological polar surface area (TPSA) is 123 Å². The summed E-state index contributed by atoms with van der Waals surface area (Å²) in [6.07, 6.45) is 1.10. The number of nitrogens with zero attached hydrogens (tertiary/aromatic N) is 2. The van der Waals surface area contributed by atoms with E-state index in [0.717, 1.165) is 17.3 Å². The maximum absolute atomic E-state index is 11.5. The number of amides is 2. The van der Waals surface area contributed by atoms with Crippen molar-refractivity contribution in [2.24, 2.45) is 10.2 Å². The quantitative estimate of drug-likeness (QED) is 0.566. The summed E-state index contributed by atoms with van der Waals surface area (Å²) >= 11 is 0.999. The molecule has 1 aromatic carbocycles. The van der Waals surface area contributed by atoms with Gasteiger partial charge >= 0.3 is 0 Å². The number of aliphatic carboxylic acids is 1. The van der Waals surface area contributed by atoms with Gasteiger partial charge in [0.2, 0.25) is 11.8 Å². The Kier molecular flexibility index (Phi) is 5.47. The van der Waals surface area contributed by atoms with E-state index in [1.54, 1.807) is 24.3 Å². The first-order valence-corrected chi connectivity index (χ1v) is 7.48. The van der Waals surface area contributed by atoms with Crippen molar-refractivity contribution in [3.63, 3.8) is 0 Å². The molecule has 2 N–H and O–H groups in total. The third kappa shape index (κ3) is 5.22. The van der Waals surface area contributed by atoms with Gasteiger partial charge in [0.05, 0.1) is 11.5 Å². The normalized spacial score (nSPS) is 19.1. The van der Waals surface area contributed by atoms with E-state index in [-0.39, 0.29) is 17.5 Å². The lowest BCUT2D eigenvalue weighted by Gasteiger charge is -2.04. The summed E-state index contributed by atoms with van der Waals surface area (Å²) in [6.45, 7) is 1.42. The average Bonchev–Trinajstić information content (AvgIpc) is 2.80. The molecule has 0 aliphatic carbocycles. The largest absolute Gasteiger partial charge is 0.550 e. The van der Waals surface area contributed by atoms with Crippen LogP contribution in [0.25, 0.3) is 0 Å². The van der Waals surface area contributed by atoms with Gasteiger partial charge in [-0.15, -0.1) is 5.10 Å². The Morgan fingerprint density at radius 2 is 2.09 bits per heavy atom. The minimum atomic E-state index is -1.29. The molecule has 0 saturated carbocycles. The smallest absolute Gasteiger partial charge is 0.239 e. The Bertz CT molecular complexity index is 685. The molecule has 0 bridgehead atoms. The van der Waals surface area contributed by atoms with Crippen molar-refractivity contribution in [1.82, 2.24) is 5.32 Å². The Hall–Kier alpha value is -2.68. The molecule has 0 spiro atoms. The lowest BCUT2D eigenvalue weighted by atomic mass is 10.2. The van der Waals surface area contributed by atoms with Crippen molar-refractivity contribution < 1.29 is 19.5 Å². The monoisotopic (exact) mass is 333 g/mol. The van der Waals surface area contributed by atoms with E-state index in [4.69, 9.17) is 0 Å². The predicted octanol–water partition coefficient (Wildman–Crippen LogP) is -0.293. The Morgan fingerprint density at radius 1 is 1.39 bits per heavy atom. The second-order valence-electron chi connectivity index (χ2n) is 4.62. The summed E-state index contributed by atoms with van der Waals surface area (Å²) in [5, 5.41) is 22.8. The van der Waals surface area contributed by atoms with Gasteiger partial charge in [0.15, 0.2) is 5.17 Å². The van der Waals surface area contributed by atoms with Crippen LogP contribution in [-0.4, -0.2) is 34.4 Å². The minimum Gasteiger partial charge on any atom is -0.550 e. The summed E-state index contributed by atoms with van der Waals surface area (Å²) < 4.78 is 0. The molecule has 1 unspecified atom stereocenters. The second-order valence-corrected chi connectivity index (χ2v) is 5.82. The number of benzene rings is 1. The molecule has 1 aliphatic heterocycles. The first-order chi connectivity index (χ1) is 10.9. The molecule has 1 fully saturated rings. The Morgan fingerprint density at radius 3 is 2.70 bits per heavy atom. The molecule has 0 radical (unpaired) electrons. The number of carboxylic acids is 1. The minimum absolute atomic E-state index is 0.155. The van der Waals surface area contributed by atoms with Crippen molar-refractivity contribution in [2.75, 3.05) is 5.32 Å². The lowest BCUT2D eigenvalue weighted by Crippen LogP contribution is -2.31. The van der Waals surface area contributed by atoms with E-state index < -0.39 is 17.1 Å². The summed E-state index contributed by atoms with van der Waals surface area (Å²) in [7, 11) is 0. The number of hydrogen-bond donors (Lipinski definition) is 2. The highest BCUT2D eigenvalue weighted by Gasteiger charge is 2.30. The summed E-state index contributed by atoms with van der Waals surface area (Å²) in [5.74, 6) is -1.87. The summed E-state index contributed by atoms with van der Waals surface area (Å²) in [4.78, 5) is 32.9. The van der Waals surface area contributed by atoms with Crippen LogP contribution in [0.2, 0.25) is 0 Å². The number of carbonyl (C=O) groups excluding carboxylic acids is 3. The second kappa shape index (κ2) is 7.54. The van der Waals surface area contributed by atoms with Crippen LogP contribution >= 0.6 is 11.8 Å². The van der Waals surface area contributed by atoms with Gasteiger partial charge < -0.3 is 20.5 Å². The van der Waals surface area contributed by atoms with Crippen LogP contribution < -0.4 is 15.7 Å². The number of hydrogen-bond acceptors (Lipinski definition) is 7. The molecule has 2 amide bonds. The van der Waals surface area contributed by atoms with Crippen LogP contribution in [0, 0.1) is 0 Å². The fourth-order valence-corrected chi connectivity index (χ4v) is 2.65. The van der Waals surface area contributed by atoms with Crippen LogP contribution in [0.1, 0.15) is 18.9 Å². The standard InChI is InChI=1S/C14H14N4O4S/c1-8(19)16-10-4-2-9(3-5-10)7-15-18-14-17-13(22)11(23-14)6-12(20)21/h2-5,7,11H,6H2,1H3,(H,16,19)(H,20,21)(H,17,18,22)/p-1/b15-7+. The molecule has 8 nitrogen and oxygen atoms in total. The zero-order valence-corrected chi connectivity index (χ0v) is 12.9. The summed E-state index contributed by atoms with van der Waals surface area (Å²) in [6, 6.07) is 6.93. The Balaban J connectivity index is 1.94. The third-order valence-corrected chi connectivity index (χ3v) is 3.79. The zero-order valence-electron chi connectivity index (χ0n) is 12.1. The molecule has 9 heteroatoms. The van der Waals surface area contributed by atoms with Gasteiger partial charge in [-0.05, 0) is 17.7 Å². The van der Waals surface area contributed by atoms with Crippen molar-refractivity contribution in [2.45, 2.75) is 18.6 Å². The maximum Gasteiger partial charge on any atom is 0.239 e. The van der Waals surface area contributed by atoms with Gasteiger partial charge in [-0.1, -0.05) is 23.9 Å². The molecular formula is C14H13N4O4S-. The highest BCUT2D eigenvalue weighted by atomic mass is 32.2. The predicted molar refractivity (Wildman–Crippen MR) is 84.9 cm³/mol. The van der Waals surface area contributed by atoms with E-state index in [9.17, 15) is 19.5 Å². The molecular weight excluding hydrogens is 320 g/mol. The molecule has 0 aromatic heterocycles. The molecule has 1 atom stereocenters. The van der Waals surface area contributed by atoms with E-state index in [1.165, 1.54) is 13.1 Å². The van der Waals surface area contributed by atoms with Crippen molar-refractivity contribution in [3.8, 4) is 0 Å². The molecule has 120 valence electrons. The van der Waals surface area contributed by atoms with Crippen LogP contribution in [0.4, 0.5) is 5.69 Å². The van der Waals surface area contributed by atoms with Crippen molar-refractivity contribution >= 4 is 46.6 Å². The number of thioether (sulfide) groups is 1. The van der Waals surface area contributed by atoms with Gasteiger partial charge in [0.25, 0.3) is 0 Å². The maximum atomic E-state index is 11.5. The van der Waals surface area contributed by atoms with E-state index in [1.807, 2.05) is 0 Å². The van der Waals surface area contributed by atoms with Gasteiger partial charge in [0, 0.05) is 25.0 Å². The summed E-state index contributed by atoms with van der Waals surface area (Å²) in [5.41, 5.74) is 1.42. The van der Waals surface area contributed by atoms with E-state index >= 15 is 0 Å². The van der Waals surface area contributed by atoms with Crippen molar-refractivity contribution in [1.29, 1.82) is 0 Å². The average molecular weight is 333 g/mol. The van der Waals surface area contributed by atoms with Crippen molar-refractivity contribution in [3.05, 3.63) is 29.8 Å². The SMILES string of the molecule is CC(=O)Nc1ccc(/C=N/N=C2\NC(=O)C(CC(=O)[O-])S2)cc1. The molecule has 1 heterocycles. The van der Waals surface area contributed by atoms with Gasteiger partial charge in [-0.2, -0.15) is 5.10 Å². The highest BCUT2D eigenvalue weighted by Crippen LogP contribution is 2.21. The van der Waals surface area contributed by atoms with Crippen LogP contribution in [0.3, 0.4) is 0 Å². The number of anilines is 1. The molecule has 23 heavy (non-hydrogen) atoms. The molecule has 1 saturated heterocycles. The van der Waals surface area contributed by atoms with Gasteiger partial charge in [-0.25, -0.2) is 0 Å². The first-order valence-electron chi connectivity index (χ1n) is 6.60. The van der Waals surface area contributed by atoms with E-state index in [2.05, 4.69) is 20.8 Å². The van der Waals surface area contributed by atoms with E-state index in [0.29, 0.717) is 5.69 Å². The number of carboxylic acid groups (broad SMARTS) is 1. The number of amidine groups is 1. The fraction of sp³-hybridized carbons (Fsp3) is 0.214. The van der Waals surface area contributed by atoms with Gasteiger partial charge in [0.1, 0.15) is 0 Å². The number of nitrogens with one attached hydrogen (secondary N) is 2. The van der Waals surface area contributed by atoms with Crippen LogP contribution in [-0.2, 0) is 14.4 Å². The highest BCUT2D eigenvalue weighted by molar-refractivity contribution is 8.15. The molecule has 1 aromatic rings. The lowest BCUT2D eigenvalue weighted by molar-refractivity contribution is -0.305. The van der Waals surface area contributed by atoms with Crippen LogP contribution in [0.5, 0.6) is 0 Å². The Labute approximate surface area is 136 Å². The molecule has 2 rings (SSSR count). The van der Waals surface area contributed by atoms with Crippen LogP contribution in [0.15, 0.2) is 34.5 Å². The van der Waals surface area contributed by atoms with Gasteiger partial charge in [-0.3, -0.25) is 9.59 Å².